The molecule has 5 nitrogen and oxygen atoms in total. The molecule has 1 aromatic heterocycles. The number of nitrogens with zero attached hydrogens (tertiary/aromatic N) is 1. The number of fused-ring (bicyclic) bond motifs is 1. The van der Waals surface area contributed by atoms with Gasteiger partial charge in [0, 0.05) is 34.8 Å². The highest BCUT2D eigenvalue weighted by molar-refractivity contribution is 6.17. The van der Waals surface area contributed by atoms with Crippen molar-refractivity contribution in [2.24, 2.45) is 0 Å². The van der Waals surface area contributed by atoms with E-state index in [0.29, 0.717) is 28.4 Å². The van der Waals surface area contributed by atoms with Crippen LogP contribution < -0.4 is 14.2 Å². The van der Waals surface area contributed by atoms with Crippen LogP contribution >= 0.6 is 0 Å². The van der Waals surface area contributed by atoms with E-state index in [-0.39, 0.29) is 5.78 Å². The topological polar surface area (TPSA) is 49.7 Å². The Balaban J connectivity index is 2.17. The van der Waals surface area contributed by atoms with Crippen molar-refractivity contribution in [3.05, 3.63) is 53.2 Å². The molecule has 0 aliphatic heterocycles. The lowest BCUT2D eigenvalue weighted by Gasteiger charge is -2.13. The number of hydrogen-bond acceptors (Lipinski definition) is 4. The molecule has 0 saturated heterocycles. The third kappa shape index (κ3) is 2.90. The molecule has 3 rings (SSSR count). The summed E-state index contributed by atoms with van der Waals surface area (Å²) in [5, 5.41) is 0.941. The van der Waals surface area contributed by atoms with Crippen molar-refractivity contribution in [2.75, 3.05) is 21.3 Å². The van der Waals surface area contributed by atoms with Crippen LogP contribution in [0.4, 0.5) is 0 Å². The van der Waals surface area contributed by atoms with E-state index in [2.05, 4.69) is 17.6 Å². The van der Waals surface area contributed by atoms with Crippen LogP contribution in [0.5, 0.6) is 17.2 Å². The van der Waals surface area contributed by atoms with Crippen LogP contribution in [-0.2, 0) is 6.54 Å². The van der Waals surface area contributed by atoms with Gasteiger partial charge in [-0.2, -0.15) is 0 Å². The highest BCUT2D eigenvalue weighted by Crippen LogP contribution is 2.39. The van der Waals surface area contributed by atoms with E-state index in [1.54, 1.807) is 19.2 Å². The van der Waals surface area contributed by atoms with Gasteiger partial charge in [-0.1, -0.05) is 12.1 Å². The molecule has 0 spiro atoms. The van der Waals surface area contributed by atoms with Crippen LogP contribution in [0.2, 0.25) is 0 Å². The molecule has 0 fully saturated rings. The Morgan fingerprint density at radius 2 is 1.65 bits per heavy atom. The highest BCUT2D eigenvalue weighted by Gasteiger charge is 2.21. The molecule has 0 radical (unpaired) electrons. The molecule has 26 heavy (non-hydrogen) atoms. The lowest BCUT2D eigenvalue weighted by atomic mass is 10.0. The Hall–Kier alpha value is -2.95. The quantitative estimate of drug-likeness (QED) is 0.623. The number of ether oxygens (including phenoxy) is 3. The van der Waals surface area contributed by atoms with Gasteiger partial charge in [-0.3, -0.25) is 4.79 Å². The van der Waals surface area contributed by atoms with E-state index >= 15 is 0 Å². The number of rotatable bonds is 6. The van der Waals surface area contributed by atoms with Crippen molar-refractivity contribution in [3.63, 3.8) is 0 Å². The second kappa shape index (κ2) is 7.12. The fraction of sp³-hybridized carbons (Fsp3) is 0.286. The van der Waals surface area contributed by atoms with Crippen LogP contribution in [-0.4, -0.2) is 31.7 Å². The van der Waals surface area contributed by atoms with Crippen molar-refractivity contribution < 1.29 is 19.0 Å². The largest absolute Gasteiger partial charge is 0.493 e. The second-order valence-electron chi connectivity index (χ2n) is 6.09. The SMILES string of the molecule is CCn1cc(C(=O)c2cc(OC)c(OC)c(OC)c2)c2ccc(C)cc21. The molecule has 3 aromatic rings. The Morgan fingerprint density at radius 1 is 1.00 bits per heavy atom. The molecule has 136 valence electrons. The summed E-state index contributed by atoms with van der Waals surface area (Å²) in [6, 6.07) is 9.50. The summed E-state index contributed by atoms with van der Waals surface area (Å²) >= 11 is 0. The lowest BCUT2D eigenvalue weighted by molar-refractivity contribution is 0.103. The van der Waals surface area contributed by atoms with E-state index < -0.39 is 0 Å². The van der Waals surface area contributed by atoms with Crippen molar-refractivity contribution in [3.8, 4) is 17.2 Å². The molecule has 0 saturated carbocycles. The summed E-state index contributed by atoms with van der Waals surface area (Å²) in [4.78, 5) is 13.2. The first kappa shape index (κ1) is 17.9. The maximum atomic E-state index is 13.2. The van der Waals surface area contributed by atoms with Gasteiger partial charge in [-0.05, 0) is 37.6 Å². The number of benzene rings is 2. The van der Waals surface area contributed by atoms with E-state index in [1.807, 2.05) is 25.3 Å². The zero-order valence-electron chi connectivity index (χ0n) is 15.8. The molecule has 0 aliphatic carbocycles. The number of aromatic nitrogens is 1. The molecule has 0 aliphatic rings. The Labute approximate surface area is 153 Å². The van der Waals surface area contributed by atoms with Crippen LogP contribution in [0.15, 0.2) is 36.5 Å². The van der Waals surface area contributed by atoms with Crippen molar-refractivity contribution in [1.29, 1.82) is 0 Å². The lowest BCUT2D eigenvalue weighted by Crippen LogP contribution is -2.04. The predicted octanol–water partition coefficient (Wildman–Crippen LogP) is 4.23. The molecule has 0 unspecified atom stereocenters. The number of methoxy groups -OCH3 is 3. The van der Waals surface area contributed by atoms with Crippen LogP contribution in [0.1, 0.15) is 28.4 Å². The number of carbonyl (C=O) groups excluding carboxylic acids is 1. The van der Waals surface area contributed by atoms with Gasteiger partial charge in [-0.25, -0.2) is 0 Å². The summed E-state index contributed by atoms with van der Waals surface area (Å²) in [6.45, 7) is 4.91. The molecular formula is C21H23NO4. The first-order valence-corrected chi connectivity index (χ1v) is 8.48. The maximum Gasteiger partial charge on any atom is 0.203 e. The fourth-order valence-electron chi connectivity index (χ4n) is 3.21. The first-order chi connectivity index (χ1) is 12.5. The minimum atomic E-state index is -0.0784. The van der Waals surface area contributed by atoms with Crippen molar-refractivity contribution >= 4 is 16.7 Å². The van der Waals surface area contributed by atoms with Crippen LogP contribution in [0, 0.1) is 6.92 Å². The first-order valence-electron chi connectivity index (χ1n) is 8.48. The molecule has 0 amide bonds. The molecule has 0 atom stereocenters. The standard InChI is InChI=1S/C21H23NO4/c1-6-22-12-16(15-8-7-13(2)9-17(15)22)20(23)14-10-18(24-3)21(26-5)19(11-14)25-4/h7-12H,6H2,1-5H3. The van der Waals surface area contributed by atoms with Gasteiger partial charge in [0.2, 0.25) is 5.75 Å². The Bertz CT molecular complexity index is 947. The minimum absolute atomic E-state index is 0.0784. The molecule has 1 heterocycles. The Morgan fingerprint density at radius 3 is 2.19 bits per heavy atom. The van der Waals surface area contributed by atoms with E-state index in [1.165, 1.54) is 14.2 Å². The third-order valence-electron chi connectivity index (χ3n) is 4.55. The van der Waals surface area contributed by atoms with Gasteiger partial charge < -0.3 is 18.8 Å². The second-order valence-corrected chi connectivity index (χ2v) is 6.09. The summed E-state index contributed by atoms with van der Waals surface area (Å²) < 4.78 is 18.2. The molecule has 2 aromatic carbocycles. The van der Waals surface area contributed by atoms with Crippen LogP contribution in [0.25, 0.3) is 10.9 Å². The van der Waals surface area contributed by atoms with Gasteiger partial charge in [0.15, 0.2) is 17.3 Å². The zero-order valence-corrected chi connectivity index (χ0v) is 15.8. The fourth-order valence-corrected chi connectivity index (χ4v) is 3.21. The Kier molecular flexibility index (Phi) is 4.89. The summed E-state index contributed by atoms with van der Waals surface area (Å²) in [5.41, 5.74) is 3.38. The number of carbonyl (C=O) groups is 1. The molecular weight excluding hydrogens is 330 g/mol. The van der Waals surface area contributed by atoms with Gasteiger partial charge in [0.05, 0.1) is 21.3 Å². The smallest absolute Gasteiger partial charge is 0.203 e. The van der Waals surface area contributed by atoms with Crippen molar-refractivity contribution in [1.82, 2.24) is 4.57 Å². The average Bonchev–Trinajstić information content (AvgIpc) is 3.03. The summed E-state index contributed by atoms with van der Waals surface area (Å²) in [6.07, 6.45) is 1.91. The highest BCUT2D eigenvalue weighted by atomic mass is 16.5. The van der Waals surface area contributed by atoms with Crippen molar-refractivity contribution in [2.45, 2.75) is 20.4 Å². The number of aryl methyl sites for hydroxylation is 2. The molecule has 0 N–H and O–H groups in total. The van der Waals surface area contributed by atoms with Gasteiger partial charge in [0.25, 0.3) is 0 Å². The maximum absolute atomic E-state index is 13.2. The predicted molar refractivity (Wildman–Crippen MR) is 102 cm³/mol. The number of ketones is 1. The van der Waals surface area contributed by atoms with E-state index in [4.69, 9.17) is 14.2 Å². The number of hydrogen-bond donors (Lipinski definition) is 0. The molecule has 5 heteroatoms. The normalized spacial score (nSPS) is 10.8. The monoisotopic (exact) mass is 353 g/mol. The van der Waals surface area contributed by atoms with Gasteiger partial charge in [-0.15, -0.1) is 0 Å². The summed E-state index contributed by atoms with van der Waals surface area (Å²) in [5.74, 6) is 1.32. The van der Waals surface area contributed by atoms with E-state index in [0.717, 1.165) is 23.0 Å². The molecule has 0 bridgehead atoms. The average molecular weight is 353 g/mol. The zero-order chi connectivity index (χ0) is 18.8. The van der Waals surface area contributed by atoms with Crippen LogP contribution in [0.3, 0.4) is 0 Å². The third-order valence-corrected chi connectivity index (χ3v) is 4.55. The summed E-state index contributed by atoms with van der Waals surface area (Å²) in [7, 11) is 4.62. The van der Waals surface area contributed by atoms with E-state index in [9.17, 15) is 4.79 Å². The van der Waals surface area contributed by atoms with Gasteiger partial charge in [0.1, 0.15) is 0 Å². The minimum Gasteiger partial charge on any atom is -0.493 e. The van der Waals surface area contributed by atoms with Gasteiger partial charge >= 0.3 is 0 Å².